The molecule has 23 heavy (non-hydrogen) atoms. The molecule has 0 atom stereocenters. The Morgan fingerprint density at radius 3 is 2.83 bits per heavy atom. The Labute approximate surface area is 140 Å². The van der Waals surface area contributed by atoms with E-state index in [1.807, 2.05) is 59.5 Å². The van der Waals surface area contributed by atoms with Gasteiger partial charge in [-0.2, -0.15) is 0 Å². The van der Waals surface area contributed by atoms with E-state index in [-0.39, 0.29) is 0 Å². The lowest BCUT2D eigenvalue weighted by molar-refractivity contribution is 0.414. The summed E-state index contributed by atoms with van der Waals surface area (Å²) in [6, 6.07) is 17.8. The van der Waals surface area contributed by atoms with Crippen LogP contribution >= 0.6 is 12.2 Å². The molecule has 116 valence electrons. The zero-order valence-corrected chi connectivity index (χ0v) is 13.6. The maximum atomic E-state index is 5.94. The minimum atomic E-state index is 0.330. The van der Waals surface area contributed by atoms with Crippen LogP contribution in [0.15, 0.2) is 60.8 Å². The molecule has 3 aromatic rings. The van der Waals surface area contributed by atoms with Crippen molar-refractivity contribution in [2.75, 3.05) is 12.0 Å². The second kappa shape index (κ2) is 6.62. The summed E-state index contributed by atoms with van der Waals surface area (Å²) >= 11 is 5.24. The van der Waals surface area contributed by atoms with Gasteiger partial charge in [0, 0.05) is 17.3 Å². The molecule has 0 unspecified atom stereocenters. The molecule has 0 radical (unpaired) electrons. The van der Waals surface area contributed by atoms with E-state index in [2.05, 4.69) is 4.98 Å². The molecule has 0 bridgehead atoms. The molecule has 0 aliphatic rings. The predicted octanol–water partition coefficient (Wildman–Crippen LogP) is 3.49. The zero-order chi connectivity index (χ0) is 16.2. The number of thiocarbonyl (C=S) groups is 1. The second-order valence-corrected chi connectivity index (χ2v) is 5.57. The molecule has 3 rings (SSSR count). The number of fused-ring (bicyclic) bond motifs is 1. The van der Waals surface area contributed by atoms with Gasteiger partial charge in [-0.1, -0.05) is 18.2 Å². The fourth-order valence-corrected chi connectivity index (χ4v) is 2.65. The number of anilines is 1. The number of aromatic nitrogens is 1. The van der Waals surface area contributed by atoms with Crippen LogP contribution in [0, 0.1) is 0 Å². The highest BCUT2D eigenvalue weighted by atomic mass is 32.1. The summed E-state index contributed by atoms with van der Waals surface area (Å²) in [5.74, 6) is 0.813. The van der Waals surface area contributed by atoms with Crippen molar-refractivity contribution in [1.29, 1.82) is 0 Å². The van der Waals surface area contributed by atoms with Crippen molar-refractivity contribution in [3.8, 4) is 5.75 Å². The maximum absolute atomic E-state index is 5.94. The van der Waals surface area contributed by atoms with E-state index in [0.29, 0.717) is 11.7 Å². The zero-order valence-electron chi connectivity index (χ0n) is 12.8. The number of benzene rings is 2. The van der Waals surface area contributed by atoms with Gasteiger partial charge in [0.1, 0.15) is 5.75 Å². The van der Waals surface area contributed by atoms with E-state index in [1.54, 1.807) is 13.3 Å². The quantitative estimate of drug-likeness (QED) is 0.745. The van der Waals surface area contributed by atoms with Gasteiger partial charge in [-0.15, -0.1) is 0 Å². The Kier molecular flexibility index (Phi) is 4.39. The number of nitrogens with zero attached hydrogens (tertiary/aromatic N) is 2. The molecule has 2 aromatic carbocycles. The van der Waals surface area contributed by atoms with Crippen LogP contribution < -0.4 is 15.4 Å². The monoisotopic (exact) mass is 323 g/mol. The fourth-order valence-electron chi connectivity index (χ4n) is 2.48. The Bertz CT molecular complexity index is 850. The first-order valence-corrected chi connectivity index (χ1v) is 7.63. The van der Waals surface area contributed by atoms with Gasteiger partial charge in [-0.25, -0.2) is 0 Å². The SMILES string of the molecule is COc1cccc(CN(C(N)=S)c2ccc3ncccc3c2)c1. The van der Waals surface area contributed by atoms with Gasteiger partial charge >= 0.3 is 0 Å². The maximum Gasteiger partial charge on any atom is 0.171 e. The topological polar surface area (TPSA) is 51.4 Å². The molecule has 5 heteroatoms. The van der Waals surface area contributed by atoms with Crippen LogP contribution in [0.25, 0.3) is 10.9 Å². The van der Waals surface area contributed by atoms with Gasteiger partial charge < -0.3 is 15.4 Å². The van der Waals surface area contributed by atoms with Crippen molar-refractivity contribution < 1.29 is 4.74 Å². The molecular weight excluding hydrogens is 306 g/mol. The van der Waals surface area contributed by atoms with E-state index in [9.17, 15) is 0 Å². The standard InChI is InChI=1S/C18H17N3OS/c1-22-16-6-2-4-13(10-16)12-21(18(19)23)15-7-8-17-14(11-15)5-3-9-20-17/h2-11H,12H2,1H3,(H2,19,23). The number of ether oxygens (including phenoxy) is 1. The van der Waals surface area contributed by atoms with Crippen molar-refractivity contribution in [2.45, 2.75) is 6.54 Å². The molecule has 0 saturated carbocycles. The van der Waals surface area contributed by atoms with Crippen molar-refractivity contribution in [2.24, 2.45) is 5.73 Å². The molecule has 0 aliphatic heterocycles. The summed E-state index contributed by atoms with van der Waals surface area (Å²) in [6.07, 6.45) is 1.78. The van der Waals surface area contributed by atoms with E-state index in [0.717, 1.165) is 27.9 Å². The Morgan fingerprint density at radius 2 is 2.04 bits per heavy atom. The summed E-state index contributed by atoms with van der Waals surface area (Å²) < 4.78 is 5.27. The molecule has 1 aromatic heterocycles. The Morgan fingerprint density at radius 1 is 1.17 bits per heavy atom. The fraction of sp³-hybridized carbons (Fsp3) is 0.111. The molecule has 0 amide bonds. The number of methoxy groups -OCH3 is 1. The third-order valence-corrected chi connectivity index (χ3v) is 3.86. The molecule has 4 nitrogen and oxygen atoms in total. The van der Waals surface area contributed by atoms with E-state index < -0.39 is 0 Å². The van der Waals surface area contributed by atoms with E-state index in [1.165, 1.54) is 0 Å². The smallest absolute Gasteiger partial charge is 0.171 e. The van der Waals surface area contributed by atoms with Crippen molar-refractivity contribution in [1.82, 2.24) is 4.98 Å². The van der Waals surface area contributed by atoms with Crippen LogP contribution in [-0.2, 0) is 6.54 Å². The number of rotatable bonds is 4. The van der Waals surface area contributed by atoms with Crippen molar-refractivity contribution in [3.05, 3.63) is 66.4 Å². The highest BCUT2D eigenvalue weighted by molar-refractivity contribution is 7.80. The minimum Gasteiger partial charge on any atom is -0.497 e. The van der Waals surface area contributed by atoms with Crippen LogP contribution in [-0.4, -0.2) is 17.2 Å². The van der Waals surface area contributed by atoms with E-state index in [4.69, 9.17) is 22.7 Å². The number of nitrogens with two attached hydrogens (primary N) is 1. The van der Waals surface area contributed by atoms with Crippen LogP contribution in [0.5, 0.6) is 5.75 Å². The highest BCUT2D eigenvalue weighted by Gasteiger charge is 2.11. The predicted molar refractivity (Wildman–Crippen MR) is 97.7 cm³/mol. The Balaban J connectivity index is 1.95. The normalized spacial score (nSPS) is 10.5. The number of hydrogen-bond donors (Lipinski definition) is 1. The van der Waals surface area contributed by atoms with Gasteiger partial charge in [-0.3, -0.25) is 4.98 Å². The van der Waals surface area contributed by atoms with Crippen LogP contribution in [0.2, 0.25) is 0 Å². The minimum absolute atomic E-state index is 0.330. The van der Waals surface area contributed by atoms with Crippen LogP contribution in [0.3, 0.4) is 0 Å². The average Bonchev–Trinajstić information content (AvgIpc) is 2.59. The molecular formula is C18H17N3OS. The number of hydrogen-bond acceptors (Lipinski definition) is 3. The van der Waals surface area contributed by atoms with Crippen molar-refractivity contribution in [3.63, 3.8) is 0 Å². The lowest BCUT2D eigenvalue weighted by Gasteiger charge is -2.23. The third kappa shape index (κ3) is 3.40. The molecule has 0 aliphatic carbocycles. The summed E-state index contributed by atoms with van der Waals surface area (Å²) in [7, 11) is 1.65. The Hall–Kier alpha value is -2.66. The lowest BCUT2D eigenvalue weighted by atomic mass is 10.1. The third-order valence-electron chi connectivity index (χ3n) is 3.64. The summed E-state index contributed by atoms with van der Waals surface area (Å²) in [4.78, 5) is 6.23. The highest BCUT2D eigenvalue weighted by Crippen LogP contribution is 2.23. The van der Waals surface area contributed by atoms with Crippen LogP contribution in [0.1, 0.15) is 5.56 Å². The largest absolute Gasteiger partial charge is 0.497 e. The molecule has 0 spiro atoms. The first kappa shape index (κ1) is 15.2. The first-order chi connectivity index (χ1) is 11.2. The number of pyridine rings is 1. The summed E-state index contributed by atoms with van der Waals surface area (Å²) in [5.41, 5.74) is 8.90. The lowest BCUT2D eigenvalue weighted by Crippen LogP contribution is -2.34. The molecule has 1 heterocycles. The van der Waals surface area contributed by atoms with Gasteiger partial charge in [0.2, 0.25) is 0 Å². The summed E-state index contributed by atoms with van der Waals surface area (Å²) in [6.45, 7) is 0.582. The second-order valence-electron chi connectivity index (χ2n) is 5.16. The van der Waals surface area contributed by atoms with Crippen molar-refractivity contribution >= 4 is 33.9 Å². The first-order valence-electron chi connectivity index (χ1n) is 7.22. The van der Waals surface area contributed by atoms with Crippen LogP contribution in [0.4, 0.5) is 5.69 Å². The van der Waals surface area contributed by atoms with Gasteiger partial charge in [0.05, 0.1) is 19.2 Å². The molecule has 2 N–H and O–H groups in total. The van der Waals surface area contributed by atoms with Gasteiger partial charge in [0.25, 0.3) is 0 Å². The molecule has 0 fully saturated rings. The van der Waals surface area contributed by atoms with E-state index >= 15 is 0 Å². The summed E-state index contributed by atoms with van der Waals surface area (Å²) in [5, 5.41) is 1.38. The van der Waals surface area contributed by atoms with Gasteiger partial charge in [0.15, 0.2) is 5.11 Å². The van der Waals surface area contributed by atoms with Gasteiger partial charge in [-0.05, 0) is 54.2 Å². The molecule has 0 saturated heterocycles. The average molecular weight is 323 g/mol.